The molecule has 1 heterocycles. The Morgan fingerprint density at radius 3 is 2.61 bits per heavy atom. The number of benzene rings is 2. The van der Waals surface area contributed by atoms with E-state index in [1.807, 2.05) is 30.3 Å². The molecule has 2 aromatic rings. The van der Waals surface area contributed by atoms with Crippen molar-refractivity contribution in [3.63, 3.8) is 0 Å². The predicted octanol–water partition coefficient (Wildman–Crippen LogP) is 2.63. The fourth-order valence-electron chi connectivity index (χ4n) is 2.92. The lowest BCUT2D eigenvalue weighted by Crippen LogP contribution is -2.44. The van der Waals surface area contributed by atoms with E-state index in [0.29, 0.717) is 6.61 Å². The Labute approximate surface area is 137 Å². The Hall–Kier alpha value is -1.88. The number of hydrogen-bond acceptors (Lipinski definition) is 4. The molecule has 4 nitrogen and oxygen atoms in total. The number of rotatable bonds is 5. The van der Waals surface area contributed by atoms with Gasteiger partial charge in [-0.25, -0.2) is 0 Å². The van der Waals surface area contributed by atoms with Crippen LogP contribution in [-0.4, -0.2) is 42.9 Å². The Kier molecular flexibility index (Phi) is 5.28. The topological polar surface area (TPSA) is 41.9 Å². The molecule has 0 aliphatic carbocycles. The quantitative estimate of drug-likeness (QED) is 0.921. The summed E-state index contributed by atoms with van der Waals surface area (Å²) in [6, 6.07) is 17.9. The normalized spacial score (nSPS) is 20.2. The van der Waals surface area contributed by atoms with E-state index in [4.69, 9.17) is 9.47 Å². The molecule has 0 spiro atoms. The summed E-state index contributed by atoms with van der Waals surface area (Å²) in [5.41, 5.74) is 2.14. The molecule has 122 valence electrons. The molecule has 1 fully saturated rings. The molecule has 1 aliphatic rings. The Bertz CT molecular complexity index is 600. The van der Waals surface area contributed by atoms with Crippen LogP contribution in [0.25, 0.3) is 0 Å². The standard InChI is InChI=1S/C19H23NO3/c1-22-17-9-7-16(8-10-17)19(21)18-14-20(11-12-23-18)13-15-5-3-2-4-6-15/h2-10,18-19,21H,11-14H2,1H3/t18-,19?/m1/s1. The molecule has 2 atom stereocenters. The molecule has 0 saturated carbocycles. The lowest BCUT2D eigenvalue weighted by Gasteiger charge is -2.35. The maximum absolute atomic E-state index is 10.6. The summed E-state index contributed by atoms with van der Waals surface area (Å²) in [4.78, 5) is 2.33. The van der Waals surface area contributed by atoms with Gasteiger partial charge in [0.15, 0.2) is 0 Å². The minimum Gasteiger partial charge on any atom is -0.497 e. The van der Waals surface area contributed by atoms with Crippen LogP contribution in [0.5, 0.6) is 5.75 Å². The first kappa shape index (κ1) is 16.0. The highest BCUT2D eigenvalue weighted by molar-refractivity contribution is 5.29. The van der Waals surface area contributed by atoms with Gasteiger partial charge in [-0.05, 0) is 23.3 Å². The minimum atomic E-state index is -0.625. The molecule has 1 aliphatic heterocycles. The summed E-state index contributed by atoms with van der Waals surface area (Å²) in [5.74, 6) is 0.788. The Morgan fingerprint density at radius 1 is 1.17 bits per heavy atom. The van der Waals surface area contributed by atoms with E-state index in [1.165, 1.54) is 5.56 Å². The second-order valence-electron chi connectivity index (χ2n) is 5.85. The number of ether oxygens (including phenoxy) is 2. The average Bonchev–Trinajstić information content (AvgIpc) is 2.62. The molecule has 1 unspecified atom stereocenters. The lowest BCUT2D eigenvalue weighted by atomic mass is 10.0. The smallest absolute Gasteiger partial charge is 0.118 e. The highest BCUT2D eigenvalue weighted by atomic mass is 16.5. The van der Waals surface area contributed by atoms with Crippen LogP contribution >= 0.6 is 0 Å². The zero-order valence-electron chi connectivity index (χ0n) is 13.4. The van der Waals surface area contributed by atoms with Crippen molar-refractivity contribution in [3.8, 4) is 5.75 Å². The van der Waals surface area contributed by atoms with E-state index < -0.39 is 6.10 Å². The van der Waals surface area contributed by atoms with Crippen LogP contribution in [-0.2, 0) is 11.3 Å². The zero-order valence-corrected chi connectivity index (χ0v) is 13.4. The van der Waals surface area contributed by atoms with Crippen LogP contribution in [0.3, 0.4) is 0 Å². The van der Waals surface area contributed by atoms with Gasteiger partial charge >= 0.3 is 0 Å². The molecule has 3 rings (SSSR count). The maximum Gasteiger partial charge on any atom is 0.118 e. The fraction of sp³-hybridized carbons (Fsp3) is 0.368. The van der Waals surface area contributed by atoms with Gasteiger partial charge in [0.2, 0.25) is 0 Å². The molecule has 2 aromatic carbocycles. The van der Waals surface area contributed by atoms with Crippen molar-refractivity contribution in [1.29, 1.82) is 0 Å². The highest BCUT2D eigenvalue weighted by Crippen LogP contribution is 2.24. The summed E-state index contributed by atoms with van der Waals surface area (Å²) in [6.07, 6.45) is -0.833. The Morgan fingerprint density at radius 2 is 1.91 bits per heavy atom. The predicted molar refractivity (Wildman–Crippen MR) is 89.4 cm³/mol. The van der Waals surface area contributed by atoms with Gasteiger partial charge in [0.1, 0.15) is 18.0 Å². The summed E-state index contributed by atoms with van der Waals surface area (Å²) < 4.78 is 11.0. The van der Waals surface area contributed by atoms with Crippen molar-refractivity contribution in [1.82, 2.24) is 4.90 Å². The van der Waals surface area contributed by atoms with E-state index in [9.17, 15) is 5.11 Å². The molecule has 0 aromatic heterocycles. The highest BCUT2D eigenvalue weighted by Gasteiger charge is 2.27. The summed E-state index contributed by atoms with van der Waals surface area (Å²) in [7, 11) is 1.64. The van der Waals surface area contributed by atoms with Crippen molar-refractivity contribution in [2.24, 2.45) is 0 Å². The molecule has 0 radical (unpaired) electrons. The number of morpholine rings is 1. The van der Waals surface area contributed by atoms with Gasteiger partial charge in [0.05, 0.1) is 13.7 Å². The summed E-state index contributed by atoms with van der Waals surface area (Å²) >= 11 is 0. The number of nitrogens with zero attached hydrogens (tertiary/aromatic N) is 1. The third kappa shape index (κ3) is 4.10. The van der Waals surface area contributed by atoms with Gasteiger partial charge in [-0.3, -0.25) is 4.90 Å². The van der Waals surface area contributed by atoms with Crippen LogP contribution in [0.2, 0.25) is 0 Å². The van der Waals surface area contributed by atoms with Crippen molar-refractivity contribution in [2.45, 2.75) is 18.8 Å². The summed E-state index contributed by atoms with van der Waals surface area (Å²) in [6.45, 7) is 3.14. The molecule has 1 N–H and O–H groups in total. The van der Waals surface area contributed by atoms with E-state index in [0.717, 1.165) is 30.9 Å². The van der Waals surface area contributed by atoms with Gasteiger partial charge in [0, 0.05) is 19.6 Å². The number of methoxy groups -OCH3 is 1. The van der Waals surface area contributed by atoms with Crippen molar-refractivity contribution in [2.75, 3.05) is 26.8 Å². The Balaban J connectivity index is 1.62. The fourth-order valence-corrected chi connectivity index (χ4v) is 2.92. The zero-order chi connectivity index (χ0) is 16.1. The third-order valence-corrected chi connectivity index (χ3v) is 4.24. The average molecular weight is 313 g/mol. The largest absolute Gasteiger partial charge is 0.497 e. The van der Waals surface area contributed by atoms with Crippen LogP contribution < -0.4 is 4.74 Å². The van der Waals surface area contributed by atoms with Gasteiger partial charge in [-0.15, -0.1) is 0 Å². The molecule has 0 bridgehead atoms. The first-order chi connectivity index (χ1) is 11.3. The van der Waals surface area contributed by atoms with Crippen LogP contribution in [0.1, 0.15) is 17.2 Å². The molecule has 1 saturated heterocycles. The van der Waals surface area contributed by atoms with Gasteiger partial charge < -0.3 is 14.6 Å². The lowest BCUT2D eigenvalue weighted by molar-refractivity contribution is -0.0918. The number of hydrogen-bond donors (Lipinski definition) is 1. The van der Waals surface area contributed by atoms with Gasteiger partial charge in [-0.2, -0.15) is 0 Å². The first-order valence-corrected chi connectivity index (χ1v) is 7.96. The van der Waals surface area contributed by atoms with Crippen LogP contribution in [0, 0.1) is 0 Å². The molecule has 0 amide bonds. The van der Waals surface area contributed by atoms with E-state index in [-0.39, 0.29) is 6.10 Å². The van der Waals surface area contributed by atoms with Gasteiger partial charge in [0.25, 0.3) is 0 Å². The maximum atomic E-state index is 10.6. The minimum absolute atomic E-state index is 0.208. The van der Waals surface area contributed by atoms with Crippen molar-refractivity contribution >= 4 is 0 Å². The second-order valence-corrected chi connectivity index (χ2v) is 5.85. The van der Waals surface area contributed by atoms with E-state index in [2.05, 4.69) is 29.2 Å². The van der Waals surface area contributed by atoms with Crippen molar-refractivity contribution in [3.05, 3.63) is 65.7 Å². The van der Waals surface area contributed by atoms with Gasteiger partial charge in [-0.1, -0.05) is 42.5 Å². The second kappa shape index (κ2) is 7.59. The van der Waals surface area contributed by atoms with Crippen LogP contribution in [0.4, 0.5) is 0 Å². The number of aliphatic hydroxyl groups is 1. The van der Waals surface area contributed by atoms with Crippen molar-refractivity contribution < 1.29 is 14.6 Å². The molecular weight excluding hydrogens is 290 g/mol. The molecular formula is C19H23NO3. The first-order valence-electron chi connectivity index (χ1n) is 7.96. The SMILES string of the molecule is COc1ccc(C(O)[C@H]2CN(Cc3ccccc3)CCO2)cc1. The molecule has 23 heavy (non-hydrogen) atoms. The monoisotopic (exact) mass is 313 g/mol. The summed E-state index contributed by atoms with van der Waals surface area (Å²) in [5, 5.41) is 10.6. The van der Waals surface area contributed by atoms with E-state index >= 15 is 0 Å². The third-order valence-electron chi connectivity index (χ3n) is 4.24. The van der Waals surface area contributed by atoms with E-state index in [1.54, 1.807) is 7.11 Å². The number of aliphatic hydroxyl groups excluding tert-OH is 1. The molecule has 4 heteroatoms. The van der Waals surface area contributed by atoms with Crippen LogP contribution in [0.15, 0.2) is 54.6 Å².